The van der Waals surface area contributed by atoms with Crippen molar-refractivity contribution in [3.8, 4) is 5.88 Å². The van der Waals surface area contributed by atoms with Gasteiger partial charge < -0.3 is 4.74 Å². The molecule has 0 saturated carbocycles. The van der Waals surface area contributed by atoms with E-state index >= 15 is 0 Å². The first-order valence-corrected chi connectivity index (χ1v) is 2.81. The van der Waals surface area contributed by atoms with Gasteiger partial charge in [0, 0.05) is 13.1 Å². The van der Waals surface area contributed by atoms with Crippen LogP contribution in [0.2, 0.25) is 0 Å². The van der Waals surface area contributed by atoms with Crippen LogP contribution < -0.4 is 4.74 Å². The molecule has 0 amide bonds. The Hall–Kier alpha value is -1.32. The number of aromatic nitrogens is 2. The molecule has 4 nitrogen and oxygen atoms in total. The molecule has 54 valence electrons. The van der Waals surface area contributed by atoms with Crippen LogP contribution in [0, 0.1) is 0 Å². The number of aryl methyl sites for hydroxylation is 1. The second kappa shape index (κ2) is 2.51. The predicted molar refractivity (Wildman–Crippen MR) is 35.1 cm³/mol. The summed E-state index contributed by atoms with van der Waals surface area (Å²) in [4.78, 5) is 10.2. The van der Waals surface area contributed by atoms with E-state index in [-0.39, 0.29) is 0 Å². The van der Waals surface area contributed by atoms with Crippen molar-refractivity contribution in [2.24, 2.45) is 7.05 Å². The standard InChI is InChI=1S/C6H8N2O2/c1-8-6(10-2)3-5(4-9)7-8/h3-4H,1-2H3. The van der Waals surface area contributed by atoms with E-state index < -0.39 is 0 Å². The van der Waals surface area contributed by atoms with Crippen LogP contribution in [0.25, 0.3) is 0 Å². The van der Waals surface area contributed by atoms with E-state index in [2.05, 4.69) is 5.10 Å². The van der Waals surface area contributed by atoms with Crippen LogP contribution in [0.15, 0.2) is 6.07 Å². The number of nitrogens with zero attached hydrogens (tertiary/aromatic N) is 2. The van der Waals surface area contributed by atoms with Crippen LogP contribution in [-0.2, 0) is 7.05 Å². The Labute approximate surface area is 58.4 Å². The Bertz CT molecular complexity index is 242. The lowest BCUT2D eigenvalue weighted by Crippen LogP contribution is -1.94. The maximum Gasteiger partial charge on any atom is 0.211 e. The largest absolute Gasteiger partial charge is 0.481 e. The van der Waals surface area contributed by atoms with Gasteiger partial charge in [-0.15, -0.1) is 0 Å². The van der Waals surface area contributed by atoms with Crippen molar-refractivity contribution < 1.29 is 9.53 Å². The van der Waals surface area contributed by atoms with Crippen molar-refractivity contribution in [3.63, 3.8) is 0 Å². The highest BCUT2D eigenvalue weighted by molar-refractivity contribution is 5.72. The molecule has 0 unspecified atom stereocenters. The fourth-order valence-electron chi connectivity index (χ4n) is 0.720. The molecule has 0 spiro atoms. The Morgan fingerprint density at radius 2 is 2.50 bits per heavy atom. The minimum absolute atomic E-state index is 0.388. The molecule has 0 aliphatic carbocycles. The van der Waals surface area contributed by atoms with Crippen molar-refractivity contribution in [1.82, 2.24) is 9.78 Å². The monoisotopic (exact) mass is 140 g/mol. The topological polar surface area (TPSA) is 44.1 Å². The molecule has 0 fully saturated rings. The summed E-state index contributed by atoms with van der Waals surface area (Å²) in [6.45, 7) is 0. The Kier molecular flexibility index (Phi) is 1.71. The number of ether oxygens (including phenoxy) is 1. The number of hydrogen-bond donors (Lipinski definition) is 0. The summed E-state index contributed by atoms with van der Waals surface area (Å²) in [6.07, 6.45) is 0.683. The Balaban J connectivity index is 3.03. The molecule has 0 radical (unpaired) electrons. The first-order valence-electron chi connectivity index (χ1n) is 2.81. The van der Waals surface area contributed by atoms with Crippen LogP contribution in [-0.4, -0.2) is 23.2 Å². The van der Waals surface area contributed by atoms with Crippen molar-refractivity contribution in [1.29, 1.82) is 0 Å². The summed E-state index contributed by atoms with van der Waals surface area (Å²) < 4.78 is 6.37. The van der Waals surface area contributed by atoms with E-state index in [1.165, 1.54) is 11.8 Å². The highest BCUT2D eigenvalue weighted by Crippen LogP contribution is 2.08. The van der Waals surface area contributed by atoms with E-state index in [1.54, 1.807) is 13.1 Å². The predicted octanol–water partition coefficient (Wildman–Crippen LogP) is 0.241. The van der Waals surface area contributed by atoms with Crippen LogP contribution in [0.4, 0.5) is 0 Å². The van der Waals surface area contributed by atoms with Gasteiger partial charge in [-0.05, 0) is 0 Å². The molecule has 4 heteroatoms. The van der Waals surface area contributed by atoms with Gasteiger partial charge >= 0.3 is 0 Å². The maximum absolute atomic E-state index is 10.2. The van der Waals surface area contributed by atoms with Crippen molar-refractivity contribution >= 4 is 6.29 Å². The molecule has 0 saturated heterocycles. The first kappa shape index (κ1) is 6.80. The summed E-state index contributed by atoms with van der Waals surface area (Å²) in [6, 6.07) is 1.58. The molecular weight excluding hydrogens is 132 g/mol. The van der Waals surface area contributed by atoms with Gasteiger partial charge in [0.05, 0.1) is 7.11 Å². The molecule has 0 aliphatic rings. The molecule has 1 rings (SSSR count). The number of aldehydes is 1. The van der Waals surface area contributed by atoms with Crippen molar-refractivity contribution in [2.75, 3.05) is 7.11 Å². The van der Waals surface area contributed by atoms with Gasteiger partial charge in [-0.3, -0.25) is 4.79 Å². The van der Waals surface area contributed by atoms with Crippen LogP contribution in [0.3, 0.4) is 0 Å². The molecule has 0 N–H and O–H groups in total. The van der Waals surface area contributed by atoms with E-state index in [4.69, 9.17) is 4.74 Å². The molecular formula is C6H8N2O2. The second-order valence-corrected chi connectivity index (χ2v) is 1.85. The molecule has 1 aromatic rings. The van der Waals surface area contributed by atoms with Gasteiger partial charge in [0.15, 0.2) is 6.29 Å². The third-order valence-electron chi connectivity index (χ3n) is 1.19. The van der Waals surface area contributed by atoms with Crippen LogP contribution in [0.5, 0.6) is 5.88 Å². The summed E-state index contributed by atoms with van der Waals surface area (Å²) in [5, 5.41) is 3.82. The SMILES string of the molecule is COc1cc(C=O)nn1C. The quantitative estimate of drug-likeness (QED) is 0.553. The third kappa shape index (κ3) is 1.00. The Morgan fingerprint density at radius 3 is 2.80 bits per heavy atom. The van der Waals surface area contributed by atoms with E-state index in [9.17, 15) is 4.79 Å². The smallest absolute Gasteiger partial charge is 0.211 e. The zero-order chi connectivity index (χ0) is 7.56. The van der Waals surface area contributed by atoms with Crippen LogP contribution in [0.1, 0.15) is 10.5 Å². The van der Waals surface area contributed by atoms with Gasteiger partial charge in [-0.2, -0.15) is 5.10 Å². The number of methoxy groups -OCH3 is 1. The number of rotatable bonds is 2. The molecule has 0 aliphatic heterocycles. The van der Waals surface area contributed by atoms with Gasteiger partial charge in [0.2, 0.25) is 5.88 Å². The van der Waals surface area contributed by atoms with Gasteiger partial charge in [-0.1, -0.05) is 0 Å². The fraction of sp³-hybridized carbons (Fsp3) is 0.333. The molecule has 10 heavy (non-hydrogen) atoms. The van der Waals surface area contributed by atoms with Gasteiger partial charge in [0.1, 0.15) is 5.69 Å². The highest BCUT2D eigenvalue weighted by atomic mass is 16.5. The lowest BCUT2D eigenvalue weighted by molar-refractivity contribution is 0.111. The van der Waals surface area contributed by atoms with Gasteiger partial charge in [0.25, 0.3) is 0 Å². The minimum atomic E-state index is 0.388. The summed E-state index contributed by atoms with van der Waals surface area (Å²) in [7, 11) is 3.25. The first-order chi connectivity index (χ1) is 4.77. The van der Waals surface area contributed by atoms with E-state index in [0.717, 1.165) is 0 Å². The van der Waals surface area contributed by atoms with Gasteiger partial charge in [-0.25, -0.2) is 4.68 Å². The average Bonchev–Trinajstić information content (AvgIpc) is 2.30. The lowest BCUT2D eigenvalue weighted by Gasteiger charge is -1.95. The highest BCUT2D eigenvalue weighted by Gasteiger charge is 2.01. The van der Waals surface area contributed by atoms with Crippen molar-refractivity contribution in [2.45, 2.75) is 0 Å². The average molecular weight is 140 g/mol. The van der Waals surface area contributed by atoms with Crippen molar-refractivity contribution in [3.05, 3.63) is 11.8 Å². The minimum Gasteiger partial charge on any atom is -0.481 e. The van der Waals surface area contributed by atoms with E-state index in [1.807, 2.05) is 0 Å². The fourth-order valence-corrected chi connectivity index (χ4v) is 0.720. The molecule has 1 heterocycles. The number of hydrogen-bond acceptors (Lipinski definition) is 3. The lowest BCUT2D eigenvalue weighted by atomic mass is 10.5. The maximum atomic E-state index is 10.2. The number of carbonyl (C=O) groups is 1. The normalized spacial score (nSPS) is 9.40. The number of carbonyl (C=O) groups excluding carboxylic acids is 1. The van der Waals surface area contributed by atoms with E-state index in [0.29, 0.717) is 17.9 Å². The summed E-state index contributed by atoms with van der Waals surface area (Å²) in [5.74, 6) is 0.585. The van der Waals surface area contributed by atoms with Crippen LogP contribution >= 0.6 is 0 Å². The summed E-state index contributed by atoms with van der Waals surface area (Å²) >= 11 is 0. The Morgan fingerprint density at radius 1 is 1.80 bits per heavy atom. The molecule has 1 aromatic heterocycles. The zero-order valence-electron chi connectivity index (χ0n) is 5.87. The second-order valence-electron chi connectivity index (χ2n) is 1.85. The molecule has 0 atom stereocenters. The molecule has 0 bridgehead atoms. The molecule has 0 aromatic carbocycles. The third-order valence-corrected chi connectivity index (χ3v) is 1.19. The summed E-state index contributed by atoms with van der Waals surface area (Å²) in [5.41, 5.74) is 0.388. The zero-order valence-corrected chi connectivity index (χ0v) is 5.87.